The highest BCUT2D eigenvalue weighted by molar-refractivity contribution is 5.84. The molecule has 0 radical (unpaired) electrons. The summed E-state index contributed by atoms with van der Waals surface area (Å²) < 4.78 is 0. The molecule has 2 bridgehead atoms. The summed E-state index contributed by atoms with van der Waals surface area (Å²) in [7, 11) is 0. The van der Waals surface area contributed by atoms with Crippen LogP contribution in [0.15, 0.2) is 12.2 Å². The van der Waals surface area contributed by atoms with Gasteiger partial charge in [0.05, 0.1) is 0 Å². The van der Waals surface area contributed by atoms with Crippen LogP contribution < -0.4 is 0 Å². The second-order valence-corrected chi connectivity index (χ2v) is 4.99. The minimum absolute atomic E-state index is 0.0966. The summed E-state index contributed by atoms with van der Waals surface area (Å²) in [5.41, 5.74) is 0.0966. The first-order valence-corrected chi connectivity index (χ1v) is 5.44. The lowest BCUT2D eigenvalue weighted by molar-refractivity contribution is -0.129. The maximum absolute atomic E-state index is 11.8. The summed E-state index contributed by atoms with van der Waals surface area (Å²) in [6.07, 6.45) is 9.68. The Morgan fingerprint density at radius 1 is 1.46 bits per heavy atom. The van der Waals surface area contributed by atoms with Gasteiger partial charge in [-0.05, 0) is 43.9 Å². The molecule has 1 nitrogen and oxygen atoms in total. The van der Waals surface area contributed by atoms with E-state index in [4.69, 9.17) is 0 Å². The number of Topliss-reactive ketones (excluding diaryl/α,β-unsaturated/α-hetero) is 1. The lowest BCUT2D eigenvalue weighted by atomic mass is 9.68. The molecule has 3 rings (SSSR count). The molecule has 1 heteroatoms. The third-order valence-corrected chi connectivity index (χ3v) is 4.72. The van der Waals surface area contributed by atoms with E-state index in [0.29, 0.717) is 17.6 Å². The van der Waals surface area contributed by atoms with Gasteiger partial charge in [0.2, 0.25) is 0 Å². The molecular weight excluding hydrogens is 160 g/mol. The Balaban J connectivity index is 2.09. The van der Waals surface area contributed by atoms with Crippen molar-refractivity contribution in [3.05, 3.63) is 12.2 Å². The normalized spacial score (nSPS) is 51.3. The van der Waals surface area contributed by atoms with Gasteiger partial charge in [0.1, 0.15) is 5.78 Å². The van der Waals surface area contributed by atoms with Crippen molar-refractivity contribution in [3.8, 4) is 0 Å². The van der Waals surface area contributed by atoms with Crippen LogP contribution in [0.1, 0.15) is 32.6 Å². The molecule has 0 amide bonds. The van der Waals surface area contributed by atoms with Gasteiger partial charge in [-0.15, -0.1) is 0 Å². The van der Waals surface area contributed by atoms with E-state index in [1.54, 1.807) is 0 Å². The van der Waals surface area contributed by atoms with E-state index in [-0.39, 0.29) is 5.41 Å². The molecule has 3 aliphatic carbocycles. The first-order valence-electron chi connectivity index (χ1n) is 5.44. The lowest BCUT2D eigenvalue weighted by Gasteiger charge is -2.34. The average molecular weight is 176 g/mol. The van der Waals surface area contributed by atoms with Crippen LogP contribution in [0.4, 0.5) is 0 Å². The quantitative estimate of drug-likeness (QED) is 0.561. The summed E-state index contributed by atoms with van der Waals surface area (Å²) in [4.78, 5) is 11.8. The van der Waals surface area contributed by atoms with Crippen molar-refractivity contribution in [1.82, 2.24) is 0 Å². The van der Waals surface area contributed by atoms with Gasteiger partial charge in [-0.1, -0.05) is 18.6 Å². The van der Waals surface area contributed by atoms with Crippen molar-refractivity contribution >= 4 is 5.78 Å². The molecule has 0 aromatic carbocycles. The van der Waals surface area contributed by atoms with Crippen LogP contribution in [-0.2, 0) is 4.79 Å². The number of carbonyl (C=O) groups excluding carboxylic acids is 1. The Hall–Kier alpha value is -0.590. The first-order chi connectivity index (χ1) is 6.25. The third kappa shape index (κ3) is 0.722. The molecule has 2 saturated carbocycles. The highest BCUT2D eigenvalue weighted by Gasteiger charge is 2.60. The molecule has 0 unspecified atom stereocenters. The zero-order chi connectivity index (χ0) is 9.05. The van der Waals surface area contributed by atoms with Gasteiger partial charge in [-0.2, -0.15) is 0 Å². The fourth-order valence-corrected chi connectivity index (χ4v) is 4.22. The summed E-state index contributed by atoms with van der Waals surface area (Å²) >= 11 is 0. The average Bonchev–Trinajstić information content (AvgIpc) is 2.76. The van der Waals surface area contributed by atoms with Crippen LogP contribution in [0, 0.1) is 23.2 Å². The van der Waals surface area contributed by atoms with E-state index in [2.05, 4.69) is 12.2 Å². The van der Waals surface area contributed by atoms with Crippen LogP contribution in [-0.4, -0.2) is 5.78 Å². The first kappa shape index (κ1) is 7.78. The molecule has 0 heterocycles. The van der Waals surface area contributed by atoms with E-state index >= 15 is 0 Å². The molecule has 13 heavy (non-hydrogen) atoms. The number of ketones is 1. The molecule has 2 fully saturated rings. The van der Waals surface area contributed by atoms with Gasteiger partial charge >= 0.3 is 0 Å². The molecular formula is C12H16O. The minimum Gasteiger partial charge on any atom is -0.299 e. The topological polar surface area (TPSA) is 17.1 Å². The van der Waals surface area contributed by atoms with Crippen LogP contribution in [0.25, 0.3) is 0 Å². The Bertz CT molecular complexity index is 291. The smallest absolute Gasteiger partial charge is 0.136 e. The van der Waals surface area contributed by atoms with Crippen LogP contribution in [0.3, 0.4) is 0 Å². The van der Waals surface area contributed by atoms with Gasteiger partial charge < -0.3 is 0 Å². The monoisotopic (exact) mass is 176 g/mol. The molecule has 0 N–H and O–H groups in total. The van der Waals surface area contributed by atoms with E-state index in [1.165, 1.54) is 25.7 Å². The standard InChI is InChI=1S/C12H16O/c1-8(13)12-6-2-3-11(12)9-4-5-10(12)7-9/h4-5,9-11H,2-3,6-7H2,1H3/t9-,10+,11-,12+/m0/s1. The number of fused-ring (bicyclic) bond motifs is 5. The van der Waals surface area contributed by atoms with Crippen molar-refractivity contribution in [3.63, 3.8) is 0 Å². The molecule has 0 aromatic rings. The van der Waals surface area contributed by atoms with E-state index in [0.717, 1.165) is 5.92 Å². The Morgan fingerprint density at radius 2 is 2.31 bits per heavy atom. The fourth-order valence-electron chi connectivity index (χ4n) is 4.22. The molecule has 4 atom stereocenters. The third-order valence-electron chi connectivity index (χ3n) is 4.72. The van der Waals surface area contributed by atoms with Crippen LogP contribution in [0.5, 0.6) is 0 Å². The molecule has 0 spiro atoms. The van der Waals surface area contributed by atoms with Crippen LogP contribution in [0.2, 0.25) is 0 Å². The van der Waals surface area contributed by atoms with E-state index < -0.39 is 0 Å². The Morgan fingerprint density at radius 3 is 3.00 bits per heavy atom. The maximum Gasteiger partial charge on any atom is 0.136 e. The summed E-state index contributed by atoms with van der Waals surface area (Å²) in [5.74, 6) is 2.52. The molecule has 0 aliphatic heterocycles. The summed E-state index contributed by atoms with van der Waals surface area (Å²) in [5, 5.41) is 0. The minimum atomic E-state index is 0.0966. The number of carbonyl (C=O) groups is 1. The van der Waals surface area contributed by atoms with Gasteiger partial charge in [0.15, 0.2) is 0 Å². The lowest BCUT2D eigenvalue weighted by Crippen LogP contribution is -2.36. The molecule has 70 valence electrons. The zero-order valence-corrected chi connectivity index (χ0v) is 8.12. The van der Waals surface area contributed by atoms with E-state index in [9.17, 15) is 4.79 Å². The Labute approximate surface area is 79.2 Å². The zero-order valence-electron chi connectivity index (χ0n) is 8.12. The second kappa shape index (κ2) is 2.26. The number of hydrogen-bond donors (Lipinski definition) is 0. The fraction of sp³-hybridized carbons (Fsp3) is 0.750. The van der Waals surface area contributed by atoms with Gasteiger partial charge in [-0.3, -0.25) is 4.79 Å². The van der Waals surface area contributed by atoms with Gasteiger partial charge in [-0.25, -0.2) is 0 Å². The predicted molar refractivity (Wildman–Crippen MR) is 51.2 cm³/mol. The summed E-state index contributed by atoms with van der Waals surface area (Å²) in [6, 6.07) is 0. The maximum atomic E-state index is 11.8. The molecule has 0 aromatic heterocycles. The highest BCUT2D eigenvalue weighted by atomic mass is 16.1. The largest absolute Gasteiger partial charge is 0.299 e. The van der Waals surface area contributed by atoms with Crippen molar-refractivity contribution in [1.29, 1.82) is 0 Å². The van der Waals surface area contributed by atoms with Crippen LogP contribution >= 0.6 is 0 Å². The highest BCUT2D eigenvalue weighted by Crippen LogP contribution is 2.63. The van der Waals surface area contributed by atoms with Crippen molar-refractivity contribution in [2.24, 2.45) is 23.2 Å². The van der Waals surface area contributed by atoms with Crippen molar-refractivity contribution < 1.29 is 4.79 Å². The van der Waals surface area contributed by atoms with Gasteiger partial charge in [0, 0.05) is 5.41 Å². The van der Waals surface area contributed by atoms with Crippen molar-refractivity contribution in [2.45, 2.75) is 32.6 Å². The predicted octanol–water partition coefficient (Wildman–Crippen LogP) is 2.57. The number of hydrogen-bond acceptors (Lipinski definition) is 1. The second-order valence-electron chi connectivity index (χ2n) is 4.99. The molecule has 0 saturated heterocycles. The molecule has 3 aliphatic rings. The number of rotatable bonds is 1. The van der Waals surface area contributed by atoms with Crippen molar-refractivity contribution in [2.75, 3.05) is 0 Å². The van der Waals surface area contributed by atoms with E-state index in [1.807, 2.05) is 6.92 Å². The number of allylic oxidation sites excluding steroid dienone is 2. The summed E-state index contributed by atoms with van der Waals surface area (Å²) in [6.45, 7) is 1.81. The SMILES string of the molecule is CC(=O)[C@@]12CCC[C@H]1[C@H]1C=C[C@@H]2C1. The Kier molecular flexibility index (Phi) is 1.35. The van der Waals surface area contributed by atoms with Gasteiger partial charge in [0.25, 0.3) is 0 Å².